The quantitative estimate of drug-likeness (QED) is 0.488. The van der Waals surface area contributed by atoms with E-state index in [0.717, 1.165) is 12.8 Å². The van der Waals surface area contributed by atoms with E-state index in [2.05, 4.69) is 18.8 Å². The predicted molar refractivity (Wildman–Crippen MR) is 48.2 cm³/mol. The molecule has 0 fully saturated rings. The van der Waals surface area contributed by atoms with E-state index in [0.29, 0.717) is 0 Å². The first-order chi connectivity index (χ1) is 5.12. The largest absolute Gasteiger partial charge is 0.395 e. The first kappa shape index (κ1) is 10.5. The first-order valence-corrected chi connectivity index (χ1v) is 4.23. The maximum absolute atomic E-state index is 8.85. The van der Waals surface area contributed by atoms with Crippen LogP contribution in [0.5, 0.6) is 0 Å². The van der Waals surface area contributed by atoms with Crippen LogP contribution in [0.3, 0.4) is 0 Å². The summed E-state index contributed by atoms with van der Waals surface area (Å²) in [5, 5.41) is 8.85. The Morgan fingerprint density at radius 2 is 2.00 bits per heavy atom. The molecule has 0 amide bonds. The van der Waals surface area contributed by atoms with Crippen LogP contribution in [0.25, 0.3) is 0 Å². The van der Waals surface area contributed by atoms with Gasteiger partial charge in [-0.25, -0.2) is 0 Å². The van der Waals surface area contributed by atoms with E-state index in [4.69, 9.17) is 5.11 Å². The molecule has 0 bridgehead atoms. The highest BCUT2D eigenvalue weighted by Crippen LogP contribution is 2.10. The zero-order chi connectivity index (χ0) is 8.74. The third-order valence-electron chi connectivity index (χ3n) is 1.48. The summed E-state index contributed by atoms with van der Waals surface area (Å²) >= 11 is 0. The van der Waals surface area contributed by atoms with Gasteiger partial charge in [0.25, 0.3) is 0 Å². The number of rotatable bonds is 3. The van der Waals surface area contributed by atoms with Gasteiger partial charge in [-0.05, 0) is 20.3 Å². The summed E-state index contributed by atoms with van der Waals surface area (Å²) in [7, 11) is 0. The molecule has 0 atom stereocenters. The van der Waals surface area contributed by atoms with Crippen LogP contribution >= 0.6 is 0 Å². The molecule has 0 aliphatic carbocycles. The molecule has 1 heteroatoms. The fraction of sp³-hybridized carbons (Fsp3) is 0.800. The van der Waals surface area contributed by atoms with Gasteiger partial charge < -0.3 is 5.11 Å². The van der Waals surface area contributed by atoms with Crippen molar-refractivity contribution in [3.05, 3.63) is 0 Å². The van der Waals surface area contributed by atoms with Crippen LogP contribution in [0.15, 0.2) is 0 Å². The van der Waals surface area contributed by atoms with Crippen LogP contribution in [0.2, 0.25) is 0 Å². The normalized spacial score (nSPS) is 10.5. The second-order valence-corrected chi connectivity index (χ2v) is 3.45. The van der Waals surface area contributed by atoms with Crippen molar-refractivity contribution in [2.75, 3.05) is 6.61 Å². The average Bonchev–Trinajstić information content (AvgIpc) is 1.99. The summed E-state index contributed by atoms with van der Waals surface area (Å²) in [6, 6.07) is 0. The van der Waals surface area contributed by atoms with Crippen molar-refractivity contribution < 1.29 is 5.11 Å². The minimum absolute atomic E-state index is 0.145. The summed E-state index contributed by atoms with van der Waals surface area (Å²) in [6.45, 7) is 6.20. The van der Waals surface area contributed by atoms with Gasteiger partial charge in [-0.3, -0.25) is 0 Å². The molecular weight excluding hydrogens is 136 g/mol. The monoisotopic (exact) mass is 154 g/mol. The highest BCUT2D eigenvalue weighted by molar-refractivity contribution is 5.08. The van der Waals surface area contributed by atoms with Crippen LogP contribution < -0.4 is 0 Å². The van der Waals surface area contributed by atoms with Gasteiger partial charge in [0.05, 0.1) is 6.61 Å². The molecule has 0 aromatic rings. The van der Waals surface area contributed by atoms with Crippen LogP contribution in [0, 0.1) is 17.3 Å². The molecule has 64 valence electrons. The lowest BCUT2D eigenvalue weighted by Crippen LogP contribution is -2.13. The van der Waals surface area contributed by atoms with Gasteiger partial charge in [0.2, 0.25) is 0 Å². The Labute approximate surface area is 69.8 Å². The third-order valence-corrected chi connectivity index (χ3v) is 1.48. The third kappa shape index (κ3) is 5.94. The smallest absolute Gasteiger partial charge is 0.0591 e. The molecule has 0 saturated carbocycles. The Morgan fingerprint density at radius 3 is 2.45 bits per heavy atom. The summed E-state index contributed by atoms with van der Waals surface area (Å²) in [4.78, 5) is 0. The number of aliphatic hydroxyl groups excluding tert-OH is 1. The molecule has 0 rings (SSSR count). The molecule has 1 N–H and O–H groups in total. The highest BCUT2D eigenvalue weighted by Gasteiger charge is 2.10. The molecule has 0 aromatic carbocycles. The van der Waals surface area contributed by atoms with Gasteiger partial charge in [-0.1, -0.05) is 19.3 Å². The Morgan fingerprint density at radius 1 is 1.36 bits per heavy atom. The van der Waals surface area contributed by atoms with E-state index < -0.39 is 0 Å². The number of aliphatic hydroxyl groups is 1. The van der Waals surface area contributed by atoms with Crippen molar-refractivity contribution in [2.45, 2.75) is 40.0 Å². The van der Waals surface area contributed by atoms with Gasteiger partial charge in [0, 0.05) is 11.8 Å². The second kappa shape index (κ2) is 5.21. The lowest BCUT2D eigenvalue weighted by Gasteiger charge is -2.11. The number of hydrogen-bond donors (Lipinski definition) is 1. The second-order valence-electron chi connectivity index (χ2n) is 3.45. The van der Waals surface area contributed by atoms with E-state index in [-0.39, 0.29) is 12.0 Å². The van der Waals surface area contributed by atoms with E-state index >= 15 is 0 Å². The van der Waals surface area contributed by atoms with Gasteiger partial charge in [0.15, 0.2) is 0 Å². The minimum Gasteiger partial charge on any atom is -0.395 e. The molecule has 0 unspecified atom stereocenters. The van der Waals surface area contributed by atoms with Crippen molar-refractivity contribution >= 4 is 0 Å². The fourth-order valence-corrected chi connectivity index (χ4v) is 0.606. The summed E-state index contributed by atoms with van der Waals surface area (Å²) < 4.78 is 0. The zero-order valence-corrected chi connectivity index (χ0v) is 7.78. The van der Waals surface area contributed by atoms with Gasteiger partial charge >= 0.3 is 0 Å². The van der Waals surface area contributed by atoms with E-state index in [1.54, 1.807) is 0 Å². The standard InChI is InChI=1S/C10H18O/c1-4-5-6-7-8-10(2,3)9-11/h11H,4-6,9H2,1-3H3. The topological polar surface area (TPSA) is 20.2 Å². The van der Waals surface area contributed by atoms with Gasteiger partial charge in [-0.15, -0.1) is 5.92 Å². The molecular formula is C10H18O. The van der Waals surface area contributed by atoms with Crippen molar-refractivity contribution in [1.82, 2.24) is 0 Å². The van der Waals surface area contributed by atoms with E-state index in [9.17, 15) is 0 Å². The first-order valence-electron chi connectivity index (χ1n) is 4.23. The number of unbranched alkanes of at least 4 members (excludes halogenated alkanes) is 2. The van der Waals surface area contributed by atoms with Crippen molar-refractivity contribution in [3.8, 4) is 11.8 Å². The molecule has 1 nitrogen and oxygen atoms in total. The average molecular weight is 154 g/mol. The predicted octanol–water partition coefficient (Wildman–Crippen LogP) is 2.20. The van der Waals surface area contributed by atoms with Crippen molar-refractivity contribution in [3.63, 3.8) is 0 Å². The molecule has 0 heterocycles. The van der Waals surface area contributed by atoms with Crippen LogP contribution in [0.1, 0.15) is 40.0 Å². The molecule has 0 saturated heterocycles. The molecule has 0 aliphatic rings. The van der Waals surface area contributed by atoms with E-state index in [1.807, 2.05) is 13.8 Å². The van der Waals surface area contributed by atoms with E-state index in [1.165, 1.54) is 6.42 Å². The molecule has 0 spiro atoms. The van der Waals surface area contributed by atoms with Crippen LogP contribution in [0.4, 0.5) is 0 Å². The summed E-state index contributed by atoms with van der Waals surface area (Å²) in [5.41, 5.74) is -0.215. The zero-order valence-electron chi connectivity index (χ0n) is 7.78. The van der Waals surface area contributed by atoms with Crippen molar-refractivity contribution in [2.24, 2.45) is 5.41 Å². The highest BCUT2D eigenvalue weighted by atomic mass is 16.3. The Bertz CT molecular complexity index is 148. The van der Waals surface area contributed by atoms with Crippen molar-refractivity contribution in [1.29, 1.82) is 0 Å². The fourth-order valence-electron chi connectivity index (χ4n) is 0.606. The Kier molecular flexibility index (Phi) is 4.98. The lowest BCUT2D eigenvalue weighted by molar-refractivity contribution is 0.206. The summed E-state index contributed by atoms with van der Waals surface area (Å²) in [5.74, 6) is 6.11. The molecule has 0 radical (unpaired) electrons. The Balaban J connectivity index is 3.67. The SMILES string of the molecule is CCCCC#CC(C)(C)CO. The molecule has 11 heavy (non-hydrogen) atoms. The summed E-state index contributed by atoms with van der Waals surface area (Å²) in [6.07, 6.45) is 3.31. The van der Waals surface area contributed by atoms with Gasteiger partial charge in [-0.2, -0.15) is 0 Å². The maximum Gasteiger partial charge on any atom is 0.0591 e. The van der Waals surface area contributed by atoms with Crippen LogP contribution in [-0.4, -0.2) is 11.7 Å². The lowest BCUT2D eigenvalue weighted by atomic mass is 9.96. The minimum atomic E-state index is -0.215. The molecule has 0 aliphatic heterocycles. The van der Waals surface area contributed by atoms with Crippen LogP contribution in [-0.2, 0) is 0 Å². The maximum atomic E-state index is 8.85. The molecule has 0 aromatic heterocycles. The van der Waals surface area contributed by atoms with Gasteiger partial charge in [0.1, 0.15) is 0 Å². The Hall–Kier alpha value is -0.480. The number of hydrogen-bond acceptors (Lipinski definition) is 1.